The highest BCUT2D eigenvalue weighted by atomic mass is 16.3. The molecule has 1 heteroatoms. The van der Waals surface area contributed by atoms with Crippen molar-refractivity contribution >= 4 is 0 Å². The Bertz CT molecular complexity index is 294. The summed E-state index contributed by atoms with van der Waals surface area (Å²) in [4.78, 5) is 0. The number of rotatable bonds is 1. The average Bonchev–Trinajstić information content (AvgIpc) is 2.04. The Labute approximate surface area is 66.7 Å². The Morgan fingerprint density at radius 2 is 2.27 bits per heavy atom. The van der Waals surface area contributed by atoms with Gasteiger partial charge in [-0.05, 0) is 18.1 Å². The molecule has 1 nitrogen and oxygen atoms in total. The molecule has 0 saturated carbocycles. The molecule has 0 aliphatic rings. The van der Waals surface area contributed by atoms with Crippen molar-refractivity contribution in [1.29, 1.82) is 0 Å². The second kappa shape index (κ2) is 3.23. The van der Waals surface area contributed by atoms with Crippen LogP contribution in [-0.2, 0) is 0 Å². The number of aryl methyl sites for hydroxylation is 1. The summed E-state index contributed by atoms with van der Waals surface area (Å²) in [5.74, 6) is 2.52. The van der Waals surface area contributed by atoms with Crippen LogP contribution in [0.3, 0.4) is 0 Å². The Morgan fingerprint density at radius 3 is 2.73 bits per heavy atom. The maximum absolute atomic E-state index is 8.75. The molecular weight excluding hydrogens is 136 g/mol. The first kappa shape index (κ1) is 7.84. The first-order chi connectivity index (χ1) is 5.29. The molecule has 55 valence electrons. The van der Waals surface area contributed by atoms with Gasteiger partial charge in [-0.1, -0.05) is 24.1 Å². The summed E-state index contributed by atoms with van der Waals surface area (Å²) in [6, 6.07) is 5.56. The number of hydrogen-bond acceptors (Lipinski definition) is 1. The van der Waals surface area contributed by atoms with E-state index in [1.54, 1.807) is 6.07 Å². The van der Waals surface area contributed by atoms with Gasteiger partial charge < -0.3 is 5.11 Å². The van der Waals surface area contributed by atoms with Gasteiger partial charge in [-0.2, -0.15) is 0 Å². The molecule has 0 aromatic heterocycles. The highest BCUT2D eigenvalue weighted by Crippen LogP contribution is 2.12. The first-order valence-electron chi connectivity index (χ1n) is 3.33. The molecule has 0 fully saturated rings. The molecule has 1 rings (SSSR count). The number of hydrogen-bond donors (Lipinski definition) is 1. The van der Waals surface area contributed by atoms with E-state index in [9.17, 15) is 0 Å². The number of terminal acetylenes is 1. The van der Waals surface area contributed by atoms with Gasteiger partial charge in [0.05, 0.1) is 0 Å². The van der Waals surface area contributed by atoms with Crippen LogP contribution in [0.2, 0.25) is 0 Å². The van der Waals surface area contributed by atoms with E-state index in [0.717, 1.165) is 17.7 Å². The Kier molecular flexibility index (Phi) is 2.30. The Morgan fingerprint density at radius 1 is 1.55 bits per heavy atom. The van der Waals surface area contributed by atoms with Gasteiger partial charge in [0.1, 0.15) is 6.61 Å². The summed E-state index contributed by atoms with van der Waals surface area (Å²) in [6.07, 6.45) is 5.25. The molecule has 0 unspecified atom stereocenters. The lowest BCUT2D eigenvalue weighted by Gasteiger charge is -2.02. The van der Waals surface area contributed by atoms with Gasteiger partial charge in [-0.3, -0.25) is 0 Å². The van der Waals surface area contributed by atoms with E-state index in [4.69, 9.17) is 11.5 Å². The van der Waals surface area contributed by atoms with Crippen LogP contribution in [0, 0.1) is 25.9 Å². The molecule has 0 atom stereocenters. The maximum Gasteiger partial charge on any atom is 0.110 e. The topological polar surface area (TPSA) is 20.2 Å². The summed E-state index contributed by atoms with van der Waals surface area (Å²) in [5, 5.41) is 8.75. The highest BCUT2D eigenvalue weighted by Gasteiger charge is 2.00. The van der Waals surface area contributed by atoms with Crippen LogP contribution in [0.1, 0.15) is 16.7 Å². The fourth-order valence-corrected chi connectivity index (χ4v) is 0.995. The van der Waals surface area contributed by atoms with E-state index in [2.05, 4.69) is 5.92 Å². The molecule has 11 heavy (non-hydrogen) atoms. The lowest BCUT2D eigenvalue weighted by Crippen LogP contribution is -1.89. The summed E-state index contributed by atoms with van der Waals surface area (Å²) in [6.45, 7) is 2.95. The zero-order valence-electron chi connectivity index (χ0n) is 6.33. The molecule has 1 N–H and O–H groups in total. The van der Waals surface area contributed by atoms with Gasteiger partial charge in [-0.15, -0.1) is 6.42 Å². The van der Waals surface area contributed by atoms with E-state index in [-0.39, 0.29) is 0 Å². The van der Waals surface area contributed by atoms with Crippen LogP contribution in [0.5, 0.6) is 0 Å². The molecule has 0 bridgehead atoms. The van der Waals surface area contributed by atoms with E-state index < -0.39 is 0 Å². The molecule has 0 heterocycles. The molecule has 0 saturated heterocycles. The third-order valence-corrected chi connectivity index (χ3v) is 1.59. The molecule has 0 amide bonds. The summed E-state index contributed by atoms with van der Waals surface area (Å²) in [5.41, 5.74) is 2.47. The van der Waals surface area contributed by atoms with Gasteiger partial charge in [0.25, 0.3) is 0 Å². The van der Waals surface area contributed by atoms with Crippen molar-refractivity contribution in [2.45, 2.75) is 6.92 Å². The van der Waals surface area contributed by atoms with Crippen LogP contribution < -0.4 is 0 Å². The minimum absolute atomic E-state index is 0.701. The molecule has 1 aromatic carbocycles. The highest BCUT2D eigenvalue weighted by molar-refractivity contribution is 5.47. The SMILES string of the molecule is C#Cc1c(C)cccc1[CH]O. The van der Waals surface area contributed by atoms with Crippen LogP contribution in [0.15, 0.2) is 18.2 Å². The van der Waals surface area contributed by atoms with Gasteiger partial charge in [0.15, 0.2) is 0 Å². The maximum atomic E-state index is 8.75. The van der Waals surface area contributed by atoms with E-state index in [1.165, 1.54) is 0 Å². The monoisotopic (exact) mass is 145 g/mol. The van der Waals surface area contributed by atoms with Crippen molar-refractivity contribution in [2.75, 3.05) is 0 Å². The lowest BCUT2D eigenvalue weighted by atomic mass is 10.0. The lowest BCUT2D eigenvalue weighted by molar-refractivity contribution is 0.414. The summed E-state index contributed by atoms with van der Waals surface area (Å²) >= 11 is 0. The summed E-state index contributed by atoms with van der Waals surface area (Å²) < 4.78 is 0. The number of aliphatic hydroxyl groups is 1. The predicted octanol–water partition coefficient (Wildman–Crippen LogP) is 1.86. The first-order valence-corrected chi connectivity index (χ1v) is 3.33. The zero-order chi connectivity index (χ0) is 8.27. The second-order valence-corrected chi connectivity index (χ2v) is 2.31. The van der Waals surface area contributed by atoms with Crippen molar-refractivity contribution < 1.29 is 5.11 Å². The average molecular weight is 145 g/mol. The van der Waals surface area contributed by atoms with Gasteiger partial charge in [0, 0.05) is 5.56 Å². The smallest absolute Gasteiger partial charge is 0.110 e. The van der Waals surface area contributed by atoms with Gasteiger partial charge >= 0.3 is 0 Å². The zero-order valence-corrected chi connectivity index (χ0v) is 6.33. The van der Waals surface area contributed by atoms with Crippen molar-refractivity contribution in [3.8, 4) is 12.3 Å². The van der Waals surface area contributed by atoms with Crippen LogP contribution >= 0.6 is 0 Å². The third kappa shape index (κ3) is 1.42. The normalized spacial score (nSPS) is 9.18. The molecule has 1 aromatic rings. The molecule has 0 spiro atoms. The quantitative estimate of drug-likeness (QED) is 0.598. The van der Waals surface area contributed by atoms with Crippen molar-refractivity contribution in [3.05, 3.63) is 41.5 Å². The van der Waals surface area contributed by atoms with Crippen LogP contribution in [-0.4, -0.2) is 5.11 Å². The fourth-order valence-electron chi connectivity index (χ4n) is 0.995. The minimum atomic E-state index is 0.701. The summed E-state index contributed by atoms with van der Waals surface area (Å²) in [7, 11) is 0. The van der Waals surface area contributed by atoms with Gasteiger partial charge in [0.2, 0.25) is 0 Å². The van der Waals surface area contributed by atoms with Crippen molar-refractivity contribution in [1.82, 2.24) is 0 Å². The fraction of sp³-hybridized carbons (Fsp3) is 0.100. The van der Waals surface area contributed by atoms with E-state index in [0.29, 0.717) is 5.56 Å². The Balaban J connectivity index is 3.27. The molecule has 0 aliphatic heterocycles. The van der Waals surface area contributed by atoms with E-state index in [1.807, 2.05) is 19.1 Å². The molecule has 0 aliphatic carbocycles. The van der Waals surface area contributed by atoms with E-state index >= 15 is 0 Å². The standard InChI is InChI=1S/C10H9O/c1-3-10-8(2)5-4-6-9(10)7-11/h1,4-7,11H,2H3. The largest absolute Gasteiger partial charge is 0.385 e. The van der Waals surface area contributed by atoms with Gasteiger partial charge in [-0.25, -0.2) is 0 Å². The Hall–Kier alpha value is -1.26. The van der Waals surface area contributed by atoms with Crippen LogP contribution in [0.4, 0.5) is 0 Å². The number of benzene rings is 1. The third-order valence-electron chi connectivity index (χ3n) is 1.59. The minimum Gasteiger partial charge on any atom is -0.385 e. The number of aliphatic hydroxyl groups excluding tert-OH is 1. The van der Waals surface area contributed by atoms with Crippen molar-refractivity contribution in [3.63, 3.8) is 0 Å². The molecule has 1 radical (unpaired) electrons. The second-order valence-electron chi connectivity index (χ2n) is 2.31. The molecular formula is C10H9O. The van der Waals surface area contributed by atoms with Crippen LogP contribution in [0.25, 0.3) is 0 Å². The van der Waals surface area contributed by atoms with Crippen molar-refractivity contribution in [2.24, 2.45) is 0 Å². The predicted molar refractivity (Wildman–Crippen MR) is 44.5 cm³/mol.